The average Bonchev–Trinajstić information content (AvgIpc) is 3.41. The molecule has 2 aromatic heterocycles. The maximum atomic E-state index is 14.5. The molecule has 2 unspecified atom stereocenters. The Labute approximate surface area is 177 Å². The van der Waals surface area contributed by atoms with Crippen LogP contribution in [0.1, 0.15) is 10.4 Å². The van der Waals surface area contributed by atoms with Crippen LogP contribution in [-0.4, -0.2) is 75.7 Å². The van der Waals surface area contributed by atoms with Crippen molar-refractivity contribution in [2.75, 3.05) is 38.8 Å². The van der Waals surface area contributed by atoms with Crippen LogP contribution in [0.15, 0.2) is 36.7 Å². The zero-order chi connectivity index (χ0) is 21.5. The number of methoxy groups -OCH3 is 2. The van der Waals surface area contributed by atoms with Crippen molar-refractivity contribution < 1.29 is 18.7 Å². The molecule has 11 heteroatoms. The Morgan fingerprint density at radius 2 is 1.77 bits per heavy atom. The highest BCUT2D eigenvalue weighted by Crippen LogP contribution is 2.37. The maximum absolute atomic E-state index is 14.5. The van der Waals surface area contributed by atoms with Crippen LogP contribution in [0.3, 0.4) is 0 Å². The highest BCUT2D eigenvalue weighted by atomic mass is 19.1. The highest BCUT2D eigenvalue weighted by Gasteiger charge is 2.48. The molecule has 0 spiro atoms. The number of amides is 1. The molecule has 0 bridgehead atoms. The van der Waals surface area contributed by atoms with Crippen molar-refractivity contribution in [3.63, 3.8) is 0 Å². The summed E-state index contributed by atoms with van der Waals surface area (Å²) < 4.78 is 25.0. The Balaban J connectivity index is 1.38. The monoisotopic (exact) mass is 425 g/mol. The molecule has 2 atom stereocenters. The van der Waals surface area contributed by atoms with E-state index in [1.54, 1.807) is 17.0 Å². The second kappa shape index (κ2) is 7.49. The van der Waals surface area contributed by atoms with Crippen LogP contribution in [0.4, 0.5) is 10.3 Å². The molecule has 1 amide bonds. The number of hydrogen-bond donors (Lipinski definition) is 0. The predicted molar refractivity (Wildman–Crippen MR) is 107 cm³/mol. The van der Waals surface area contributed by atoms with Gasteiger partial charge in [-0.15, -0.1) is 4.80 Å². The van der Waals surface area contributed by atoms with E-state index in [1.807, 2.05) is 4.90 Å². The molecular formula is C20H20FN7O3. The number of hydrogen-bond acceptors (Lipinski definition) is 8. The first-order valence-electron chi connectivity index (χ1n) is 9.77. The first-order chi connectivity index (χ1) is 15.1. The highest BCUT2D eigenvalue weighted by molar-refractivity contribution is 5.98. The van der Waals surface area contributed by atoms with Gasteiger partial charge in [-0.3, -0.25) is 4.79 Å². The van der Waals surface area contributed by atoms with E-state index in [4.69, 9.17) is 9.47 Å². The summed E-state index contributed by atoms with van der Waals surface area (Å²) in [7, 11) is 3.07. The summed E-state index contributed by atoms with van der Waals surface area (Å²) in [5, 5.41) is 7.98. The number of fused-ring (bicyclic) bond motifs is 1. The van der Waals surface area contributed by atoms with Gasteiger partial charge in [-0.05, 0) is 12.1 Å². The minimum Gasteiger partial charge on any atom is -0.481 e. The van der Waals surface area contributed by atoms with E-state index < -0.39 is 5.82 Å². The molecule has 2 aliphatic rings. The van der Waals surface area contributed by atoms with Crippen LogP contribution >= 0.6 is 0 Å². The van der Waals surface area contributed by atoms with E-state index in [0.717, 1.165) is 4.80 Å². The second-order valence-corrected chi connectivity index (χ2v) is 7.40. The Hall–Kier alpha value is -3.76. The minimum absolute atomic E-state index is 0.0504. The average molecular weight is 425 g/mol. The smallest absolute Gasteiger partial charge is 0.256 e. The van der Waals surface area contributed by atoms with Crippen molar-refractivity contribution in [2.24, 2.45) is 5.92 Å². The number of carbonyl (C=O) groups is 1. The zero-order valence-corrected chi connectivity index (χ0v) is 17.0. The van der Waals surface area contributed by atoms with Crippen molar-refractivity contribution >= 4 is 11.9 Å². The van der Waals surface area contributed by atoms with Gasteiger partial charge in [0.05, 0.1) is 44.3 Å². The van der Waals surface area contributed by atoms with Crippen molar-refractivity contribution in [1.29, 1.82) is 0 Å². The molecule has 0 radical (unpaired) electrons. The van der Waals surface area contributed by atoms with Crippen LogP contribution in [0.5, 0.6) is 11.8 Å². The third-order valence-electron chi connectivity index (χ3n) is 5.70. The molecule has 4 heterocycles. The van der Waals surface area contributed by atoms with Gasteiger partial charge in [0.25, 0.3) is 5.91 Å². The Bertz CT molecular complexity index is 1100. The van der Waals surface area contributed by atoms with Crippen LogP contribution in [0.25, 0.3) is 5.69 Å². The molecule has 2 aliphatic heterocycles. The molecule has 0 saturated carbocycles. The second-order valence-electron chi connectivity index (χ2n) is 7.40. The SMILES string of the molecule is COc1cc(OC)nc(N2CC3CN(C(=O)c4cccc(F)c4-n4nccn4)CC32)n1. The van der Waals surface area contributed by atoms with Gasteiger partial charge in [0.2, 0.25) is 17.7 Å². The number of benzene rings is 1. The summed E-state index contributed by atoms with van der Waals surface area (Å²) in [6, 6.07) is 6.08. The zero-order valence-electron chi connectivity index (χ0n) is 17.0. The molecule has 0 aliphatic carbocycles. The fourth-order valence-electron chi connectivity index (χ4n) is 4.16. The van der Waals surface area contributed by atoms with Crippen LogP contribution in [0, 0.1) is 11.7 Å². The summed E-state index contributed by atoms with van der Waals surface area (Å²) in [5.41, 5.74) is 0.276. The number of para-hydroxylation sites is 1. The Morgan fingerprint density at radius 1 is 1.06 bits per heavy atom. The van der Waals surface area contributed by atoms with E-state index in [2.05, 4.69) is 20.2 Å². The van der Waals surface area contributed by atoms with Crippen molar-refractivity contribution in [1.82, 2.24) is 29.9 Å². The summed E-state index contributed by atoms with van der Waals surface area (Å²) in [6.45, 7) is 1.76. The lowest BCUT2D eigenvalue weighted by atomic mass is 9.93. The number of aromatic nitrogens is 5. The number of ether oxygens (including phenoxy) is 2. The van der Waals surface area contributed by atoms with Gasteiger partial charge in [-0.25, -0.2) is 4.39 Å². The summed E-state index contributed by atoms with van der Waals surface area (Å²) >= 11 is 0. The molecule has 2 fully saturated rings. The lowest BCUT2D eigenvalue weighted by molar-refractivity contribution is 0.0788. The van der Waals surface area contributed by atoms with Crippen molar-refractivity contribution in [3.8, 4) is 17.4 Å². The molecule has 10 nitrogen and oxygen atoms in total. The van der Waals surface area contributed by atoms with Crippen molar-refractivity contribution in [3.05, 3.63) is 48.0 Å². The number of nitrogens with zero attached hydrogens (tertiary/aromatic N) is 7. The molecule has 160 valence electrons. The molecule has 31 heavy (non-hydrogen) atoms. The predicted octanol–water partition coefficient (Wildman–Crippen LogP) is 1.17. The van der Waals surface area contributed by atoms with Gasteiger partial charge in [-0.1, -0.05) is 6.07 Å². The number of likely N-dealkylation sites (tertiary alicyclic amines) is 1. The number of rotatable bonds is 5. The van der Waals surface area contributed by atoms with E-state index in [9.17, 15) is 9.18 Å². The fourth-order valence-corrected chi connectivity index (χ4v) is 4.16. The summed E-state index contributed by atoms with van der Waals surface area (Å²) in [4.78, 5) is 27.0. The standard InChI is InChI=1S/C20H20FN7O3/c1-30-16-8-17(31-2)25-20(24-16)27-10-12-9-26(11-15(12)27)19(29)13-4-3-5-14(21)18(13)28-22-6-7-23-28/h3-8,12,15H,9-11H2,1-2H3. The molecule has 2 saturated heterocycles. The van der Waals surface area contributed by atoms with Gasteiger partial charge in [0.1, 0.15) is 5.69 Å². The van der Waals surface area contributed by atoms with Crippen LogP contribution in [0.2, 0.25) is 0 Å². The minimum atomic E-state index is -0.553. The van der Waals surface area contributed by atoms with Crippen LogP contribution in [-0.2, 0) is 0 Å². The van der Waals surface area contributed by atoms with Crippen molar-refractivity contribution in [2.45, 2.75) is 6.04 Å². The van der Waals surface area contributed by atoms with Gasteiger partial charge in [0.15, 0.2) is 5.82 Å². The summed E-state index contributed by atoms with van der Waals surface area (Å²) in [5.74, 6) is 0.788. The lowest BCUT2D eigenvalue weighted by Crippen LogP contribution is -2.56. The Kier molecular flexibility index (Phi) is 4.64. The first-order valence-corrected chi connectivity index (χ1v) is 9.77. The van der Waals surface area contributed by atoms with Crippen LogP contribution < -0.4 is 14.4 Å². The van der Waals surface area contributed by atoms with Gasteiger partial charge >= 0.3 is 0 Å². The lowest BCUT2D eigenvalue weighted by Gasteiger charge is -2.43. The normalized spacial score (nSPS) is 19.7. The Morgan fingerprint density at radius 3 is 2.45 bits per heavy atom. The first kappa shape index (κ1) is 19.2. The topological polar surface area (TPSA) is 98.5 Å². The molecule has 1 aromatic carbocycles. The molecule has 5 rings (SSSR count). The van der Waals surface area contributed by atoms with E-state index in [0.29, 0.717) is 37.3 Å². The van der Waals surface area contributed by atoms with E-state index in [1.165, 1.54) is 38.7 Å². The third kappa shape index (κ3) is 3.22. The van der Waals surface area contributed by atoms with E-state index >= 15 is 0 Å². The van der Waals surface area contributed by atoms with Gasteiger partial charge in [-0.2, -0.15) is 20.2 Å². The third-order valence-corrected chi connectivity index (χ3v) is 5.70. The van der Waals surface area contributed by atoms with Gasteiger partial charge < -0.3 is 19.3 Å². The molecule has 0 N–H and O–H groups in total. The quantitative estimate of drug-likeness (QED) is 0.601. The largest absolute Gasteiger partial charge is 0.481 e. The maximum Gasteiger partial charge on any atom is 0.256 e. The fraction of sp³-hybridized carbons (Fsp3) is 0.350. The number of anilines is 1. The van der Waals surface area contributed by atoms with E-state index in [-0.39, 0.29) is 29.1 Å². The summed E-state index contributed by atoms with van der Waals surface area (Å²) in [6.07, 6.45) is 2.88. The number of halogens is 1. The number of carbonyl (C=O) groups excluding carboxylic acids is 1. The molecule has 3 aromatic rings. The molecular weight excluding hydrogens is 405 g/mol. The van der Waals surface area contributed by atoms with Gasteiger partial charge in [0, 0.05) is 25.6 Å².